The summed E-state index contributed by atoms with van der Waals surface area (Å²) in [6.45, 7) is 0. The van der Waals surface area contributed by atoms with E-state index in [2.05, 4.69) is 15.3 Å². The monoisotopic (exact) mass is 425 g/mol. The predicted octanol–water partition coefficient (Wildman–Crippen LogP) is 5.01. The van der Waals surface area contributed by atoms with Gasteiger partial charge in [-0.25, -0.2) is 9.97 Å². The SMILES string of the molecule is COc1ccc(-c2csc(NC(=O)CCc3nc4ccccc4s3)n2)cc1OC. The second-order valence-electron chi connectivity index (χ2n) is 6.23. The number of amides is 1. The lowest BCUT2D eigenvalue weighted by molar-refractivity contribution is -0.116. The Morgan fingerprint density at radius 1 is 1.07 bits per heavy atom. The maximum Gasteiger partial charge on any atom is 0.226 e. The van der Waals surface area contributed by atoms with Crippen molar-refractivity contribution in [2.24, 2.45) is 0 Å². The summed E-state index contributed by atoms with van der Waals surface area (Å²) < 4.78 is 11.7. The Balaban J connectivity index is 1.39. The Kier molecular flexibility index (Phi) is 5.73. The molecule has 0 saturated heterocycles. The zero-order valence-corrected chi connectivity index (χ0v) is 17.6. The molecule has 0 unspecified atom stereocenters. The second kappa shape index (κ2) is 8.59. The van der Waals surface area contributed by atoms with Crippen LogP contribution in [-0.4, -0.2) is 30.1 Å². The van der Waals surface area contributed by atoms with Gasteiger partial charge in [-0.1, -0.05) is 12.1 Å². The first kappa shape index (κ1) is 19.4. The van der Waals surface area contributed by atoms with E-state index in [9.17, 15) is 4.79 Å². The topological polar surface area (TPSA) is 73.3 Å². The molecule has 2 aromatic carbocycles. The van der Waals surface area contributed by atoms with Crippen LogP contribution in [-0.2, 0) is 11.2 Å². The summed E-state index contributed by atoms with van der Waals surface area (Å²) in [7, 11) is 3.20. The maximum absolute atomic E-state index is 12.3. The number of ether oxygens (including phenoxy) is 2. The quantitative estimate of drug-likeness (QED) is 0.451. The van der Waals surface area contributed by atoms with E-state index < -0.39 is 0 Å². The molecule has 6 nitrogen and oxygen atoms in total. The van der Waals surface area contributed by atoms with Crippen LogP contribution in [0.15, 0.2) is 47.8 Å². The van der Waals surface area contributed by atoms with Crippen molar-refractivity contribution in [1.29, 1.82) is 0 Å². The summed E-state index contributed by atoms with van der Waals surface area (Å²) in [5.41, 5.74) is 2.65. The molecule has 1 N–H and O–H groups in total. The molecule has 1 amide bonds. The molecule has 29 heavy (non-hydrogen) atoms. The summed E-state index contributed by atoms with van der Waals surface area (Å²) in [5, 5.41) is 6.32. The van der Waals surface area contributed by atoms with E-state index in [0.717, 1.165) is 26.5 Å². The lowest BCUT2D eigenvalue weighted by Crippen LogP contribution is -2.12. The number of thiazole rings is 2. The fourth-order valence-corrected chi connectivity index (χ4v) is 4.59. The Labute approximate surface area is 176 Å². The molecule has 2 aromatic heterocycles. The number of carbonyl (C=O) groups excluding carboxylic acids is 1. The molecule has 0 spiro atoms. The summed E-state index contributed by atoms with van der Waals surface area (Å²) >= 11 is 3.02. The minimum absolute atomic E-state index is 0.0718. The van der Waals surface area contributed by atoms with Gasteiger partial charge < -0.3 is 14.8 Å². The summed E-state index contributed by atoms with van der Waals surface area (Å²) in [6, 6.07) is 13.6. The van der Waals surface area contributed by atoms with Crippen LogP contribution in [0.5, 0.6) is 11.5 Å². The van der Waals surface area contributed by atoms with E-state index in [-0.39, 0.29) is 5.91 Å². The average Bonchev–Trinajstić information content (AvgIpc) is 3.38. The number of aromatic nitrogens is 2. The molecular weight excluding hydrogens is 406 g/mol. The van der Waals surface area contributed by atoms with Crippen molar-refractivity contribution in [1.82, 2.24) is 9.97 Å². The van der Waals surface area contributed by atoms with Crippen LogP contribution in [0.25, 0.3) is 21.5 Å². The molecule has 0 saturated carbocycles. The van der Waals surface area contributed by atoms with Crippen LogP contribution in [0.4, 0.5) is 5.13 Å². The van der Waals surface area contributed by atoms with E-state index in [1.807, 2.05) is 47.8 Å². The van der Waals surface area contributed by atoms with Gasteiger partial charge in [0.15, 0.2) is 16.6 Å². The highest BCUT2D eigenvalue weighted by Gasteiger charge is 2.12. The number of rotatable bonds is 7. The van der Waals surface area contributed by atoms with Gasteiger partial charge in [-0.2, -0.15) is 0 Å². The zero-order valence-electron chi connectivity index (χ0n) is 16.0. The fourth-order valence-electron chi connectivity index (χ4n) is 2.89. The van der Waals surface area contributed by atoms with Crippen LogP contribution < -0.4 is 14.8 Å². The second-order valence-corrected chi connectivity index (χ2v) is 8.20. The minimum Gasteiger partial charge on any atom is -0.493 e. The number of fused-ring (bicyclic) bond motifs is 1. The average molecular weight is 426 g/mol. The third kappa shape index (κ3) is 4.38. The van der Waals surface area contributed by atoms with E-state index in [1.165, 1.54) is 11.3 Å². The van der Waals surface area contributed by atoms with Crippen molar-refractivity contribution < 1.29 is 14.3 Å². The number of hydrogen-bond donors (Lipinski definition) is 1. The van der Waals surface area contributed by atoms with E-state index in [1.54, 1.807) is 25.6 Å². The number of nitrogens with one attached hydrogen (secondary N) is 1. The van der Waals surface area contributed by atoms with Gasteiger partial charge in [-0.15, -0.1) is 22.7 Å². The number of benzene rings is 2. The zero-order chi connectivity index (χ0) is 20.2. The van der Waals surface area contributed by atoms with Crippen molar-refractivity contribution in [2.45, 2.75) is 12.8 Å². The Hall–Kier alpha value is -2.97. The fraction of sp³-hybridized carbons (Fsp3) is 0.190. The molecule has 4 rings (SSSR count). The van der Waals surface area contributed by atoms with Crippen LogP contribution in [0.1, 0.15) is 11.4 Å². The largest absolute Gasteiger partial charge is 0.493 e. The van der Waals surface area contributed by atoms with Gasteiger partial charge in [-0.05, 0) is 30.3 Å². The Morgan fingerprint density at radius 3 is 2.69 bits per heavy atom. The highest BCUT2D eigenvalue weighted by Crippen LogP contribution is 2.33. The highest BCUT2D eigenvalue weighted by atomic mass is 32.1. The van der Waals surface area contributed by atoms with Gasteiger partial charge in [-0.3, -0.25) is 4.79 Å². The van der Waals surface area contributed by atoms with E-state index in [4.69, 9.17) is 9.47 Å². The molecular formula is C21H19N3O3S2. The first-order valence-electron chi connectivity index (χ1n) is 8.98. The van der Waals surface area contributed by atoms with E-state index >= 15 is 0 Å². The third-order valence-corrected chi connectivity index (χ3v) is 6.19. The molecule has 4 aromatic rings. The molecule has 2 heterocycles. The number of methoxy groups -OCH3 is 2. The third-order valence-electron chi connectivity index (χ3n) is 4.33. The van der Waals surface area contributed by atoms with E-state index in [0.29, 0.717) is 29.5 Å². The number of hydrogen-bond acceptors (Lipinski definition) is 7. The maximum atomic E-state index is 12.3. The molecule has 0 aliphatic carbocycles. The number of aryl methyl sites for hydroxylation is 1. The molecule has 0 radical (unpaired) electrons. The molecule has 0 atom stereocenters. The van der Waals surface area contributed by atoms with Gasteiger partial charge in [0.25, 0.3) is 0 Å². The van der Waals surface area contributed by atoms with Gasteiger partial charge in [0, 0.05) is 23.8 Å². The number of nitrogens with zero attached hydrogens (tertiary/aromatic N) is 2. The number of para-hydroxylation sites is 1. The molecule has 148 valence electrons. The Morgan fingerprint density at radius 2 is 1.90 bits per heavy atom. The van der Waals surface area contributed by atoms with Crippen LogP contribution in [0.3, 0.4) is 0 Å². The first-order chi connectivity index (χ1) is 14.2. The van der Waals surface area contributed by atoms with Crippen molar-refractivity contribution >= 4 is 43.9 Å². The highest BCUT2D eigenvalue weighted by molar-refractivity contribution is 7.18. The van der Waals surface area contributed by atoms with Gasteiger partial charge in [0.05, 0.1) is 35.1 Å². The summed E-state index contributed by atoms with van der Waals surface area (Å²) in [4.78, 5) is 21.4. The van der Waals surface area contributed by atoms with Gasteiger partial charge >= 0.3 is 0 Å². The number of carbonyl (C=O) groups is 1. The van der Waals surface area contributed by atoms with Gasteiger partial charge in [0.2, 0.25) is 5.91 Å². The van der Waals surface area contributed by atoms with Gasteiger partial charge in [0.1, 0.15) is 0 Å². The standard InChI is InChI=1S/C21H19N3O3S2/c1-26-16-8-7-13(11-17(16)27-2)15-12-28-21(23-15)24-19(25)9-10-20-22-14-5-3-4-6-18(14)29-20/h3-8,11-12H,9-10H2,1-2H3,(H,23,24,25). The Bertz CT molecular complexity index is 1120. The summed E-state index contributed by atoms with van der Waals surface area (Å²) in [6.07, 6.45) is 0.976. The minimum atomic E-state index is -0.0718. The van der Waals surface area contributed by atoms with Crippen molar-refractivity contribution in [3.05, 3.63) is 52.9 Å². The summed E-state index contributed by atoms with van der Waals surface area (Å²) in [5.74, 6) is 1.23. The van der Waals surface area contributed by atoms with Crippen LogP contribution in [0, 0.1) is 0 Å². The van der Waals surface area contributed by atoms with Crippen molar-refractivity contribution in [3.8, 4) is 22.8 Å². The lowest BCUT2D eigenvalue weighted by Gasteiger charge is -2.08. The van der Waals surface area contributed by atoms with Crippen molar-refractivity contribution in [3.63, 3.8) is 0 Å². The molecule has 0 fully saturated rings. The predicted molar refractivity (Wildman–Crippen MR) is 117 cm³/mol. The number of anilines is 1. The van der Waals surface area contributed by atoms with Crippen LogP contribution in [0.2, 0.25) is 0 Å². The lowest BCUT2D eigenvalue weighted by atomic mass is 10.1. The molecule has 8 heteroatoms. The first-order valence-corrected chi connectivity index (χ1v) is 10.7. The molecule has 0 aliphatic rings. The van der Waals surface area contributed by atoms with Crippen molar-refractivity contribution in [2.75, 3.05) is 19.5 Å². The normalized spacial score (nSPS) is 10.8. The molecule has 0 aliphatic heterocycles. The smallest absolute Gasteiger partial charge is 0.226 e. The molecule has 0 bridgehead atoms. The van der Waals surface area contributed by atoms with Crippen LogP contribution >= 0.6 is 22.7 Å².